The first kappa shape index (κ1) is 21.2. The molecule has 0 saturated heterocycles. The van der Waals surface area contributed by atoms with E-state index in [2.05, 4.69) is 25.6 Å². The Morgan fingerprint density at radius 1 is 1.06 bits per heavy atom. The summed E-state index contributed by atoms with van der Waals surface area (Å²) in [5.74, 6) is 0.337. The van der Waals surface area contributed by atoms with Crippen LogP contribution in [0.2, 0.25) is 0 Å². The maximum absolute atomic E-state index is 12.7. The zero-order chi connectivity index (χ0) is 22.9. The van der Waals surface area contributed by atoms with E-state index in [-0.39, 0.29) is 17.3 Å². The van der Waals surface area contributed by atoms with E-state index < -0.39 is 22.4 Å². The van der Waals surface area contributed by atoms with Gasteiger partial charge in [0.25, 0.3) is 0 Å². The van der Waals surface area contributed by atoms with Crippen molar-refractivity contribution in [1.82, 2.24) is 15.0 Å². The quantitative estimate of drug-likeness (QED) is 0.285. The minimum atomic E-state index is -4.49. The third-order valence-electron chi connectivity index (χ3n) is 4.30. The summed E-state index contributed by atoms with van der Waals surface area (Å²) < 4.78 is 44.2. The van der Waals surface area contributed by atoms with E-state index in [1.807, 2.05) is 0 Å². The molecule has 164 valence electrons. The Labute approximate surface area is 182 Å². The van der Waals surface area contributed by atoms with Gasteiger partial charge in [-0.25, -0.2) is 15.0 Å². The van der Waals surface area contributed by atoms with E-state index >= 15 is 0 Å². The average Bonchev–Trinajstić information content (AvgIpc) is 3.14. The van der Waals surface area contributed by atoms with Crippen molar-refractivity contribution in [2.45, 2.75) is 6.18 Å². The Balaban J connectivity index is 1.64. The van der Waals surface area contributed by atoms with Gasteiger partial charge in [0.1, 0.15) is 12.1 Å². The average molecular weight is 462 g/mol. The molecule has 0 aliphatic carbocycles. The topological polar surface area (TPSA) is 115 Å². The maximum Gasteiger partial charge on any atom is 0.416 e. The van der Waals surface area contributed by atoms with Gasteiger partial charge >= 0.3 is 11.9 Å². The molecule has 0 amide bonds. The number of ether oxygens (including phenoxy) is 1. The van der Waals surface area contributed by atoms with E-state index in [0.717, 1.165) is 35.3 Å². The number of fused-ring (bicyclic) bond motifs is 1. The van der Waals surface area contributed by atoms with Crippen molar-refractivity contribution >= 4 is 49.7 Å². The molecular weight excluding hydrogens is 449 g/mol. The first-order valence-corrected chi connectivity index (χ1v) is 9.71. The van der Waals surface area contributed by atoms with Crippen LogP contribution in [0, 0.1) is 10.1 Å². The van der Waals surface area contributed by atoms with Crippen LogP contribution in [-0.4, -0.2) is 27.0 Å². The number of nitrogens with zero attached hydrogens (tertiary/aromatic N) is 4. The molecule has 0 spiro atoms. The number of halogens is 3. The number of alkyl halides is 3. The molecule has 0 aliphatic heterocycles. The van der Waals surface area contributed by atoms with E-state index in [9.17, 15) is 23.3 Å². The van der Waals surface area contributed by atoms with Crippen LogP contribution in [0.4, 0.5) is 41.3 Å². The zero-order valence-electron chi connectivity index (χ0n) is 16.2. The molecule has 0 fully saturated rings. The van der Waals surface area contributed by atoms with Crippen molar-refractivity contribution in [3.05, 3.63) is 64.5 Å². The van der Waals surface area contributed by atoms with Crippen molar-refractivity contribution in [2.24, 2.45) is 0 Å². The number of benzene rings is 2. The van der Waals surface area contributed by atoms with E-state index in [0.29, 0.717) is 16.4 Å². The fourth-order valence-electron chi connectivity index (χ4n) is 2.80. The smallest absolute Gasteiger partial charge is 0.416 e. The number of aromatic nitrogens is 3. The predicted octanol–water partition coefficient (Wildman–Crippen LogP) is 5.51. The molecule has 2 heterocycles. The third kappa shape index (κ3) is 4.37. The summed E-state index contributed by atoms with van der Waals surface area (Å²) in [6.07, 6.45) is -3.39. The minimum Gasteiger partial charge on any atom is -0.497 e. The van der Waals surface area contributed by atoms with Gasteiger partial charge in [-0.15, -0.1) is 0 Å². The molecule has 4 rings (SSSR count). The summed E-state index contributed by atoms with van der Waals surface area (Å²) in [4.78, 5) is 23.2. The number of hydrogen-bond donors (Lipinski definition) is 2. The Kier molecular flexibility index (Phi) is 5.48. The van der Waals surface area contributed by atoms with Crippen molar-refractivity contribution in [2.75, 3.05) is 17.7 Å². The Morgan fingerprint density at radius 2 is 1.75 bits per heavy atom. The van der Waals surface area contributed by atoms with Gasteiger partial charge in [0.15, 0.2) is 5.13 Å². The number of anilines is 4. The number of methoxy groups -OCH3 is 1. The van der Waals surface area contributed by atoms with E-state index in [4.69, 9.17) is 4.74 Å². The molecule has 2 N–H and O–H groups in total. The first-order chi connectivity index (χ1) is 15.2. The fourth-order valence-corrected chi connectivity index (χ4v) is 3.69. The summed E-state index contributed by atoms with van der Waals surface area (Å²) in [6, 6.07) is 9.32. The Hall–Kier alpha value is -4.00. The summed E-state index contributed by atoms with van der Waals surface area (Å²) in [5.41, 5.74) is -0.463. The van der Waals surface area contributed by atoms with Crippen LogP contribution < -0.4 is 15.4 Å². The van der Waals surface area contributed by atoms with Crippen molar-refractivity contribution in [3.63, 3.8) is 0 Å². The van der Waals surface area contributed by atoms with E-state index in [1.165, 1.54) is 18.4 Å². The second-order valence-electron chi connectivity index (χ2n) is 6.35. The Morgan fingerprint density at radius 3 is 2.38 bits per heavy atom. The standard InChI is InChI=1S/C19H13F3N6O3S/c1-31-12-6-7-13-14(8-12)32-18(26-13)27-17-15(28(29)30)16(23-9-24-17)25-11-4-2-10(3-5-11)19(20,21)22/h2-9H,1H3,(H2,23,24,25,26,27). The lowest BCUT2D eigenvalue weighted by Gasteiger charge is -2.10. The molecule has 32 heavy (non-hydrogen) atoms. The number of hydrogen-bond acceptors (Lipinski definition) is 9. The third-order valence-corrected chi connectivity index (χ3v) is 5.23. The number of nitrogens with one attached hydrogen (secondary N) is 2. The second kappa shape index (κ2) is 8.26. The molecule has 0 saturated carbocycles. The van der Waals surface area contributed by atoms with Crippen LogP contribution in [0.25, 0.3) is 10.2 Å². The highest BCUT2D eigenvalue weighted by Crippen LogP contribution is 2.36. The molecule has 0 unspecified atom stereocenters. The largest absolute Gasteiger partial charge is 0.497 e. The monoisotopic (exact) mass is 462 g/mol. The normalized spacial score (nSPS) is 11.4. The predicted molar refractivity (Wildman–Crippen MR) is 113 cm³/mol. The summed E-state index contributed by atoms with van der Waals surface area (Å²) in [7, 11) is 1.54. The molecule has 4 aromatic rings. The molecule has 0 atom stereocenters. The number of thiazole rings is 1. The van der Waals surface area contributed by atoms with Gasteiger partial charge in [0.05, 0.1) is 27.8 Å². The van der Waals surface area contributed by atoms with Gasteiger partial charge in [0, 0.05) is 5.69 Å². The molecule has 0 bridgehead atoms. The second-order valence-corrected chi connectivity index (χ2v) is 7.39. The molecule has 0 radical (unpaired) electrons. The van der Waals surface area contributed by atoms with Crippen LogP contribution in [0.5, 0.6) is 5.75 Å². The Bertz CT molecular complexity index is 1290. The highest BCUT2D eigenvalue weighted by molar-refractivity contribution is 7.22. The van der Waals surface area contributed by atoms with Gasteiger partial charge < -0.3 is 15.4 Å². The molecule has 2 aromatic heterocycles. The van der Waals surface area contributed by atoms with Crippen molar-refractivity contribution < 1.29 is 22.8 Å². The fraction of sp³-hybridized carbons (Fsp3) is 0.105. The highest BCUT2D eigenvalue weighted by atomic mass is 32.1. The van der Waals surface area contributed by atoms with Crippen molar-refractivity contribution in [1.29, 1.82) is 0 Å². The molecule has 13 heteroatoms. The summed E-state index contributed by atoms with van der Waals surface area (Å²) in [6.45, 7) is 0. The van der Waals surface area contributed by atoms with Gasteiger partial charge in [-0.1, -0.05) is 11.3 Å². The lowest BCUT2D eigenvalue weighted by molar-refractivity contribution is -0.383. The van der Waals surface area contributed by atoms with Crippen LogP contribution in [0.3, 0.4) is 0 Å². The summed E-state index contributed by atoms with van der Waals surface area (Å²) in [5, 5.41) is 17.6. The van der Waals surface area contributed by atoms with E-state index in [1.54, 1.807) is 18.2 Å². The van der Waals surface area contributed by atoms with Gasteiger partial charge in [-0.05, 0) is 42.5 Å². The zero-order valence-corrected chi connectivity index (χ0v) is 17.0. The van der Waals surface area contributed by atoms with Crippen LogP contribution in [0.15, 0.2) is 48.8 Å². The van der Waals surface area contributed by atoms with Gasteiger partial charge in [0.2, 0.25) is 11.6 Å². The lowest BCUT2D eigenvalue weighted by atomic mass is 10.2. The van der Waals surface area contributed by atoms with Gasteiger partial charge in [-0.2, -0.15) is 13.2 Å². The molecule has 9 nitrogen and oxygen atoms in total. The van der Waals surface area contributed by atoms with Crippen LogP contribution in [0.1, 0.15) is 5.56 Å². The maximum atomic E-state index is 12.7. The van der Waals surface area contributed by atoms with Crippen LogP contribution >= 0.6 is 11.3 Å². The number of nitro groups is 1. The summed E-state index contributed by atoms with van der Waals surface area (Å²) >= 11 is 1.24. The SMILES string of the molecule is COc1ccc2nc(Nc3ncnc(Nc4ccc(C(F)(F)F)cc4)c3[N+](=O)[O-])sc2c1. The lowest BCUT2D eigenvalue weighted by Crippen LogP contribution is -2.06. The van der Waals surface area contributed by atoms with Crippen molar-refractivity contribution in [3.8, 4) is 5.75 Å². The first-order valence-electron chi connectivity index (χ1n) is 8.90. The molecule has 2 aromatic carbocycles. The highest BCUT2D eigenvalue weighted by Gasteiger charge is 2.30. The minimum absolute atomic E-state index is 0.120. The van der Waals surface area contributed by atoms with Gasteiger partial charge in [-0.3, -0.25) is 10.1 Å². The molecular formula is C19H13F3N6O3S. The number of rotatable bonds is 6. The van der Waals surface area contributed by atoms with Crippen LogP contribution in [-0.2, 0) is 6.18 Å². The molecule has 0 aliphatic rings.